The van der Waals surface area contributed by atoms with Crippen LogP contribution in [0.4, 0.5) is 17.1 Å². The van der Waals surface area contributed by atoms with Crippen LogP contribution in [0.5, 0.6) is 0 Å². The number of aromatic nitrogens is 1. The molecule has 0 radical (unpaired) electrons. The number of benzene rings is 9. The molecule has 52 heavy (non-hydrogen) atoms. The minimum atomic E-state index is 1.11. The molecule has 0 N–H and O–H groups in total. The average Bonchev–Trinajstić information content (AvgIpc) is 3.57. The highest BCUT2D eigenvalue weighted by Crippen LogP contribution is 2.48. The standard InChI is InChI=1S/C50H34N2/c1-5-18-35(19-6-1)48-42-27-14-13-26-40(42)41-33-32-39(34-44(41)49(48)36-20-7-2-8-21-36)51(37-22-9-3-10-23-37)46-30-17-31-47-50(46)43-28-15-16-29-45(43)52(47)38-24-11-4-12-25-38/h1-34H. The molecule has 1 aromatic heterocycles. The summed E-state index contributed by atoms with van der Waals surface area (Å²) in [6.07, 6.45) is 0. The molecule has 0 aliphatic heterocycles. The highest BCUT2D eigenvalue weighted by Gasteiger charge is 2.23. The third-order valence-corrected chi connectivity index (χ3v) is 10.3. The zero-order chi connectivity index (χ0) is 34.4. The second-order valence-corrected chi connectivity index (χ2v) is 13.3. The lowest BCUT2D eigenvalue weighted by Crippen LogP contribution is -2.10. The lowest BCUT2D eigenvalue weighted by atomic mass is 9.85. The van der Waals surface area contributed by atoms with E-state index in [0.29, 0.717) is 0 Å². The van der Waals surface area contributed by atoms with E-state index in [0.717, 1.165) is 22.7 Å². The van der Waals surface area contributed by atoms with Gasteiger partial charge in [0.2, 0.25) is 0 Å². The van der Waals surface area contributed by atoms with Gasteiger partial charge in [-0.2, -0.15) is 0 Å². The van der Waals surface area contributed by atoms with E-state index < -0.39 is 0 Å². The van der Waals surface area contributed by atoms with Gasteiger partial charge in [0.05, 0.1) is 16.7 Å². The third kappa shape index (κ3) is 4.80. The summed E-state index contributed by atoms with van der Waals surface area (Å²) in [6.45, 7) is 0. The quantitative estimate of drug-likeness (QED) is 0.161. The smallest absolute Gasteiger partial charge is 0.0562 e. The van der Waals surface area contributed by atoms with Crippen LogP contribution in [-0.4, -0.2) is 4.57 Å². The number of para-hydroxylation sites is 3. The SMILES string of the molecule is c1ccc(-c2c(-c3ccccc3)c3cc(N(c4ccccc4)c4cccc5c4c4ccccc4n5-c4ccccc4)ccc3c3ccccc23)cc1. The Morgan fingerprint density at radius 2 is 0.846 bits per heavy atom. The Bertz CT molecular complexity index is 2870. The van der Waals surface area contributed by atoms with Crippen molar-refractivity contribution in [1.82, 2.24) is 4.57 Å². The highest BCUT2D eigenvalue weighted by molar-refractivity contribution is 6.23. The zero-order valence-corrected chi connectivity index (χ0v) is 28.5. The molecule has 0 saturated carbocycles. The minimum absolute atomic E-state index is 1.11. The Labute approximate surface area is 303 Å². The van der Waals surface area contributed by atoms with Gasteiger partial charge >= 0.3 is 0 Å². The summed E-state index contributed by atoms with van der Waals surface area (Å²) in [5, 5.41) is 7.41. The molecular weight excluding hydrogens is 629 g/mol. The van der Waals surface area contributed by atoms with Crippen LogP contribution in [-0.2, 0) is 0 Å². The van der Waals surface area contributed by atoms with Crippen molar-refractivity contribution in [2.75, 3.05) is 4.90 Å². The molecule has 10 aromatic rings. The number of nitrogens with zero attached hydrogens (tertiary/aromatic N) is 2. The fraction of sp³-hybridized carbons (Fsp3) is 0. The molecule has 0 bridgehead atoms. The zero-order valence-electron chi connectivity index (χ0n) is 28.5. The first-order valence-corrected chi connectivity index (χ1v) is 17.9. The van der Waals surface area contributed by atoms with Crippen molar-refractivity contribution in [3.05, 3.63) is 206 Å². The fourth-order valence-electron chi connectivity index (χ4n) is 8.17. The number of hydrogen-bond acceptors (Lipinski definition) is 1. The van der Waals surface area contributed by atoms with Gasteiger partial charge in [-0.1, -0.05) is 152 Å². The topological polar surface area (TPSA) is 8.17 Å². The summed E-state index contributed by atoms with van der Waals surface area (Å²) in [5.41, 5.74) is 11.8. The van der Waals surface area contributed by atoms with Crippen molar-refractivity contribution in [1.29, 1.82) is 0 Å². The maximum Gasteiger partial charge on any atom is 0.0562 e. The van der Waals surface area contributed by atoms with Crippen molar-refractivity contribution < 1.29 is 0 Å². The normalized spacial score (nSPS) is 11.5. The molecule has 1 heterocycles. The molecule has 0 fully saturated rings. The van der Waals surface area contributed by atoms with Gasteiger partial charge in [0.15, 0.2) is 0 Å². The maximum absolute atomic E-state index is 2.44. The second kappa shape index (κ2) is 12.5. The van der Waals surface area contributed by atoms with Crippen LogP contribution in [0.25, 0.3) is 71.3 Å². The molecule has 0 spiro atoms. The summed E-state index contributed by atoms with van der Waals surface area (Å²) >= 11 is 0. The van der Waals surface area contributed by atoms with E-state index in [1.807, 2.05) is 0 Å². The molecule has 244 valence electrons. The van der Waals surface area contributed by atoms with Crippen LogP contribution in [0.3, 0.4) is 0 Å². The summed E-state index contributed by atoms with van der Waals surface area (Å²) in [5.74, 6) is 0. The molecular formula is C50H34N2. The summed E-state index contributed by atoms with van der Waals surface area (Å²) in [6, 6.07) is 74.6. The number of rotatable bonds is 6. The van der Waals surface area contributed by atoms with Crippen molar-refractivity contribution in [2.24, 2.45) is 0 Å². The molecule has 10 rings (SSSR count). The number of fused-ring (bicyclic) bond motifs is 6. The average molecular weight is 663 g/mol. The van der Waals surface area contributed by atoms with Gasteiger partial charge in [-0.05, 0) is 98.4 Å². The Kier molecular flexibility index (Phi) is 7.18. The molecule has 0 aliphatic rings. The van der Waals surface area contributed by atoms with Gasteiger partial charge in [0.25, 0.3) is 0 Å². The van der Waals surface area contributed by atoms with Crippen molar-refractivity contribution in [3.8, 4) is 27.9 Å². The molecule has 9 aromatic carbocycles. The van der Waals surface area contributed by atoms with Gasteiger partial charge in [-0.15, -0.1) is 0 Å². The van der Waals surface area contributed by atoms with Crippen LogP contribution >= 0.6 is 0 Å². The van der Waals surface area contributed by atoms with Gasteiger partial charge in [-0.25, -0.2) is 0 Å². The Morgan fingerprint density at radius 3 is 1.54 bits per heavy atom. The molecule has 0 unspecified atom stereocenters. The van der Waals surface area contributed by atoms with Gasteiger partial charge in [-0.3, -0.25) is 0 Å². The van der Waals surface area contributed by atoms with E-state index in [2.05, 4.69) is 216 Å². The van der Waals surface area contributed by atoms with E-state index >= 15 is 0 Å². The first-order chi connectivity index (χ1) is 25.8. The van der Waals surface area contributed by atoms with E-state index in [-0.39, 0.29) is 0 Å². The van der Waals surface area contributed by atoms with Crippen LogP contribution in [0.15, 0.2) is 206 Å². The van der Waals surface area contributed by atoms with Crippen molar-refractivity contribution >= 4 is 60.4 Å². The monoisotopic (exact) mass is 662 g/mol. The van der Waals surface area contributed by atoms with Crippen LogP contribution in [0.2, 0.25) is 0 Å². The second-order valence-electron chi connectivity index (χ2n) is 13.3. The largest absolute Gasteiger partial charge is 0.310 e. The lowest BCUT2D eigenvalue weighted by Gasteiger charge is -2.28. The van der Waals surface area contributed by atoms with Gasteiger partial charge < -0.3 is 9.47 Å². The molecule has 0 aliphatic carbocycles. The fourth-order valence-corrected chi connectivity index (χ4v) is 8.17. The molecule has 2 nitrogen and oxygen atoms in total. The van der Waals surface area contributed by atoms with E-state index in [4.69, 9.17) is 0 Å². The van der Waals surface area contributed by atoms with Crippen LogP contribution in [0, 0.1) is 0 Å². The number of anilines is 3. The van der Waals surface area contributed by atoms with E-state index in [9.17, 15) is 0 Å². The highest BCUT2D eigenvalue weighted by atomic mass is 15.1. The number of hydrogen-bond donors (Lipinski definition) is 0. The third-order valence-electron chi connectivity index (χ3n) is 10.3. The first-order valence-electron chi connectivity index (χ1n) is 17.9. The van der Waals surface area contributed by atoms with E-state index in [1.165, 1.54) is 65.6 Å². The van der Waals surface area contributed by atoms with E-state index in [1.54, 1.807) is 0 Å². The van der Waals surface area contributed by atoms with Crippen molar-refractivity contribution in [3.63, 3.8) is 0 Å². The summed E-state index contributed by atoms with van der Waals surface area (Å²) in [4.78, 5) is 2.44. The Hall–Kier alpha value is -6.90. The summed E-state index contributed by atoms with van der Waals surface area (Å²) < 4.78 is 2.39. The van der Waals surface area contributed by atoms with Gasteiger partial charge in [0.1, 0.15) is 0 Å². The predicted octanol–water partition coefficient (Wildman–Crippen LogP) is 13.9. The Balaban J connectivity index is 1.32. The Morgan fingerprint density at radius 1 is 0.327 bits per heavy atom. The molecule has 0 atom stereocenters. The first kappa shape index (κ1) is 30.0. The van der Waals surface area contributed by atoms with Crippen molar-refractivity contribution in [2.45, 2.75) is 0 Å². The lowest BCUT2D eigenvalue weighted by molar-refractivity contribution is 1.18. The van der Waals surface area contributed by atoms with Gasteiger partial charge in [0, 0.05) is 27.8 Å². The molecule has 0 saturated heterocycles. The summed E-state index contributed by atoms with van der Waals surface area (Å²) in [7, 11) is 0. The minimum Gasteiger partial charge on any atom is -0.310 e. The molecule has 2 heteroatoms. The molecule has 0 amide bonds. The van der Waals surface area contributed by atoms with Crippen LogP contribution < -0.4 is 4.90 Å². The maximum atomic E-state index is 2.44. The predicted molar refractivity (Wildman–Crippen MR) is 221 cm³/mol. The van der Waals surface area contributed by atoms with Crippen LogP contribution in [0.1, 0.15) is 0 Å².